The van der Waals surface area contributed by atoms with E-state index < -0.39 is 0 Å². The molecule has 0 bridgehead atoms. The first-order valence-electron chi connectivity index (χ1n) is 6.01. The number of rotatable bonds is 5. The second-order valence-electron chi connectivity index (χ2n) is 4.38. The smallest absolute Gasteiger partial charge is 0.0893 e. The predicted octanol–water partition coefficient (Wildman–Crippen LogP) is 3.19. The van der Waals surface area contributed by atoms with Crippen LogP contribution in [0.4, 0.5) is 0 Å². The van der Waals surface area contributed by atoms with Gasteiger partial charge < -0.3 is 9.80 Å². The van der Waals surface area contributed by atoms with Crippen molar-refractivity contribution in [3.8, 4) is 0 Å². The van der Waals surface area contributed by atoms with Gasteiger partial charge in [-0.1, -0.05) is 32.8 Å². The lowest BCUT2D eigenvalue weighted by atomic mass is 10.1. The monoisotopic (exact) mass is 208 g/mol. The van der Waals surface area contributed by atoms with Gasteiger partial charge in [0.05, 0.1) is 12.4 Å². The Labute approximate surface area is 94.3 Å². The molecule has 0 N–H and O–H groups in total. The summed E-state index contributed by atoms with van der Waals surface area (Å²) in [5.41, 5.74) is 2.93. The Morgan fingerprint density at radius 3 is 2.53 bits per heavy atom. The van der Waals surface area contributed by atoms with E-state index in [4.69, 9.17) is 0 Å². The number of likely N-dealkylation sites (N-methyl/N-ethyl adjacent to an activating group) is 1. The van der Waals surface area contributed by atoms with Crippen LogP contribution in [0.3, 0.4) is 0 Å². The minimum absolute atomic E-state index is 1.02. The van der Waals surface area contributed by atoms with Crippen molar-refractivity contribution in [2.75, 3.05) is 20.8 Å². The van der Waals surface area contributed by atoms with Gasteiger partial charge in [0.1, 0.15) is 0 Å². The third kappa shape index (κ3) is 3.29. The molecule has 0 aromatic carbocycles. The molecule has 0 saturated heterocycles. The number of allylic oxidation sites excluding steroid dienone is 2. The van der Waals surface area contributed by atoms with Crippen LogP contribution in [-0.2, 0) is 0 Å². The summed E-state index contributed by atoms with van der Waals surface area (Å²) in [6.07, 6.45) is 9.53. The fraction of sp³-hybridized carbons (Fsp3) is 0.692. The average molecular weight is 208 g/mol. The third-order valence-corrected chi connectivity index (χ3v) is 2.72. The quantitative estimate of drug-likeness (QED) is 0.684. The highest BCUT2D eigenvalue weighted by Gasteiger charge is 2.17. The van der Waals surface area contributed by atoms with Crippen molar-refractivity contribution in [2.45, 2.75) is 39.5 Å². The molecule has 0 atom stereocenters. The summed E-state index contributed by atoms with van der Waals surface area (Å²) in [5.74, 6) is 0. The van der Waals surface area contributed by atoms with Gasteiger partial charge in [-0.3, -0.25) is 0 Å². The van der Waals surface area contributed by atoms with Crippen molar-refractivity contribution >= 4 is 0 Å². The van der Waals surface area contributed by atoms with Crippen molar-refractivity contribution < 1.29 is 0 Å². The molecule has 0 aromatic rings. The molecule has 0 unspecified atom stereocenters. The Kier molecular flexibility index (Phi) is 4.73. The van der Waals surface area contributed by atoms with Gasteiger partial charge in [0.25, 0.3) is 0 Å². The van der Waals surface area contributed by atoms with Crippen LogP contribution in [0.2, 0.25) is 0 Å². The molecule has 1 aliphatic rings. The molecule has 0 saturated carbocycles. The summed E-state index contributed by atoms with van der Waals surface area (Å²) < 4.78 is 0. The van der Waals surface area contributed by atoms with Crippen LogP contribution in [0, 0.1) is 0 Å². The lowest BCUT2D eigenvalue weighted by Crippen LogP contribution is -2.20. The zero-order chi connectivity index (χ0) is 11.3. The van der Waals surface area contributed by atoms with Crippen LogP contribution in [-0.4, -0.2) is 30.6 Å². The lowest BCUT2D eigenvalue weighted by molar-refractivity contribution is 0.329. The summed E-state index contributed by atoms with van der Waals surface area (Å²) in [7, 11) is 4.30. The van der Waals surface area contributed by atoms with E-state index in [1.165, 1.54) is 37.0 Å². The summed E-state index contributed by atoms with van der Waals surface area (Å²) in [5, 5.41) is 0. The summed E-state index contributed by atoms with van der Waals surface area (Å²) >= 11 is 0. The molecule has 0 aliphatic carbocycles. The first-order chi connectivity index (χ1) is 7.19. The maximum Gasteiger partial charge on any atom is 0.0893 e. The molecule has 86 valence electrons. The van der Waals surface area contributed by atoms with E-state index in [0.717, 1.165) is 6.67 Å². The van der Waals surface area contributed by atoms with E-state index in [1.807, 2.05) is 0 Å². The van der Waals surface area contributed by atoms with Crippen molar-refractivity contribution in [3.05, 3.63) is 23.5 Å². The van der Waals surface area contributed by atoms with E-state index in [-0.39, 0.29) is 0 Å². The van der Waals surface area contributed by atoms with Gasteiger partial charge in [-0.2, -0.15) is 0 Å². The molecule has 0 fully saturated rings. The van der Waals surface area contributed by atoms with Gasteiger partial charge in [0, 0.05) is 20.3 Å². The van der Waals surface area contributed by atoms with Gasteiger partial charge in [-0.25, -0.2) is 0 Å². The molecule has 0 aromatic heterocycles. The molecule has 0 spiro atoms. The van der Waals surface area contributed by atoms with Crippen molar-refractivity contribution in [3.63, 3.8) is 0 Å². The van der Waals surface area contributed by atoms with E-state index >= 15 is 0 Å². The van der Waals surface area contributed by atoms with Gasteiger partial charge in [0.2, 0.25) is 0 Å². The second kappa shape index (κ2) is 5.84. The van der Waals surface area contributed by atoms with Crippen LogP contribution in [0.25, 0.3) is 0 Å². The van der Waals surface area contributed by atoms with E-state index in [0.29, 0.717) is 0 Å². The number of hydrogen-bond donors (Lipinski definition) is 0. The van der Waals surface area contributed by atoms with Crippen LogP contribution >= 0.6 is 0 Å². The Hall–Kier alpha value is -0.920. The van der Waals surface area contributed by atoms with E-state index in [1.54, 1.807) is 0 Å². The minimum Gasteiger partial charge on any atom is -0.361 e. The highest BCUT2D eigenvalue weighted by molar-refractivity contribution is 5.31. The average Bonchev–Trinajstić information content (AvgIpc) is 2.52. The van der Waals surface area contributed by atoms with Gasteiger partial charge in [-0.15, -0.1) is 0 Å². The lowest BCUT2D eigenvalue weighted by Gasteiger charge is -2.18. The highest BCUT2D eigenvalue weighted by Crippen LogP contribution is 2.24. The molecular formula is C13H24N2. The molecule has 1 rings (SSSR count). The predicted molar refractivity (Wildman–Crippen MR) is 66.4 cm³/mol. The summed E-state index contributed by atoms with van der Waals surface area (Å²) in [6.45, 7) is 5.50. The SMILES string of the molecule is CCC/C=C(\CCC)C1=CN(C)CN1C. The Morgan fingerprint density at radius 2 is 2.07 bits per heavy atom. The molecule has 1 heterocycles. The van der Waals surface area contributed by atoms with Crippen molar-refractivity contribution in [1.29, 1.82) is 0 Å². The Bertz CT molecular complexity index is 253. The topological polar surface area (TPSA) is 6.48 Å². The zero-order valence-corrected chi connectivity index (χ0v) is 10.6. The van der Waals surface area contributed by atoms with Gasteiger partial charge >= 0.3 is 0 Å². The van der Waals surface area contributed by atoms with Crippen molar-refractivity contribution in [2.24, 2.45) is 0 Å². The molecule has 0 radical (unpaired) electrons. The van der Waals surface area contributed by atoms with Crippen LogP contribution in [0.1, 0.15) is 39.5 Å². The van der Waals surface area contributed by atoms with E-state index in [9.17, 15) is 0 Å². The Morgan fingerprint density at radius 1 is 1.33 bits per heavy atom. The fourth-order valence-corrected chi connectivity index (χ4v) is 2.01. The van der Waals surface area contributed by atoms with Gasteiger partial charge in [-0.05, 0) is 18.4 Å². The number of unbranched alkanes of at least 4 members (excludes halogenated alkanes) is 1. The maximum absolute atomic E-state index is 2.41. The normalized spacial score (nSPS) is 17.3. The van der Waals surface area contributed by atoms with Gasteiger partial charge in [0.15, 0.2) is 0 Å². The first kappa shape index (κ1) is 12.2. The molecular weight excluding hydrogens is 184 g/mol. The third-order valence-electron chi connectivity index (χ3n) is 2.72. The molecule has 2 nitrogen and oxygen atoms in total. The Balaban J connectivity index is 2.75. The minimum atomic E-state index is 1.02. The van der Waals surface area contributed by atoms with E-state index in [2.05, 4.69) is 50.0 Å². The standard InChI is InChI=1S/C13H24N2/c1-5-7-9-12(8-6-2)13-10-14(3)11-15(13)4/h9-10H,5-8,11H2,1-4H3/b12-9+. The summed E-state index contributed by atoms with van der Waals surface area (Å²) in [6, 6.07) is 0. The number of hydrogen-bond acceptors (Lipinski definition) is 2. The van der Waals surface area contributed by atoms with Crippen molar-refractivity contribution in [1.82, 2.24) is 9.80 Å². The fourth-order valence-electron chi connectivity index (χ4n) is 2.01. The van der Waals surface area contributed by atoms with Crippen LogP contribution in [0.5, 0.6) is 0 Å². The number of nitrogens with zero attached hydrogens (tertiary/aromatic N) is 2. The van der Waals surface area contributed by atoms with Crippen LogP contribution < -0.4 is 0 Å². The summed E-state index contributed by atoms with van der Waals surface area (Å²) in [4.78, 5) is 4.57. The first-order valence-corrected chi connectivity index (χ1v) is 6.01. The molecule has 1 aliphatic heterocycles. The highest BCUT2D eigenvalue weighted by atomic mass is 15.3. The second-order valence-corrected chi connectivity index (χ2v) is 4.38. The van der Waals surface area contributed by atoms with Crippen LogP contribution in [0.15, 0.2) is 23.5 Å². The molecule has 0 amide bonds. The zero-order valence-electron chi connectivity index (χ0n) is 10.6. The largest absolute Gasteiger partial charge is 0.361 e. The molecule has 2 heteroatoms. The maximum atomic E-state index is 2.41. The molecule has 15 heavy (non-hydrogen) atoms.